The third-order valence-electron chi connectivity index (χ3n) is 6.20. The molecule has 0 aromatic heterocycles. The smallest absolute Gasteiger partial charge is 0.265 e. The molecular formula is C27H26ClN3O3S. The van der Waals surface area contributed by atoms with Crippen molar-refractivity contribution in [1.82, 2.24) is 10.4 Å². The van der Waals surface area contributed by atoms with E-state index < -0.39 is 11.3 Å². The number of ether oxygens (including phenoxy) is 1. The second-order valence-electron chi connectivity index (χ2n) is 8.58. The molecule has 3 aromatic rings. The molecule has 8 heteroatoms. The minimum atomic E-state index is -0.907. The SMILES string of the molecule is O=C1NN(C(c2ccccc2)c2ccc(NC3CCOCC3)cc2)C(=O)C1Sc1ccccc1Cl. The first-order valence-corrected chi connectivity index (χ1v) is 12.9. The van der Waals surface area contributed by atoms with Gasteiger partial charge in [-0.25, -0.2) is 5.01 Å². The summed E-state index contributed by atoms with van der Waals surface area (Å²) in [5.41, 5.74) is 5.67. The Kier molecular flexibility index (Phi) is 7.27. The average Bonchev–Trinajstić information content (AvgIpc) is 3.16. The van der Waals surface area contributed by atoms with Gasteiger partial charge in [0.25, 0.3) is 11.8 Å². The van der Waals surface area contributed by atoms with Gasteiger partial charge in [0.2, 0.25) is 0 Å². The maximum Gasteiger partial charge on any atom is 0.265 e. The minimum Gasteiger partial charge on any atom is -0.382 e. The van der Waals surface area contributed by atoms with Crippen LogP contribution in [0.25, 0.3) is 0 Å². The first-order valence-electron chi connectivity index (χ1n) is 11.6. The first-order chi connectivity index (χ1) is 17.1. The molecule has 3 aromatic carbocycles. The summed E-state index contributed by atoms with van der Waals surface area (Å²) in [6.07, 6.45) is 1.96. The van der Waals surface area contributed by atoms with Gasteiger partial charge in [0.15, 0.2) is 5.25 Å². The predicted molar refractivity (Wildman–Crippen MR) is 138 cm³/mol. The largest absolute Gasteiger partial charge is 0.382 e. The summed E-state index contributed by atoms with van der Waals surface area (Å²) >= 11 is 7.46. The highest BCUT2D eigenvalue weighted by atomic mass is 35.5. The van der Waals surface area contributed by atoms with Gasteiger partial charge < -0.3 is 10.1 Å². The van der Waals surface area contributed by atoms with E-state index in [1.165, 1.54) is 16.8 Å². The van der Waals surface area contributed by atoms with Gasteiger partial charge in [-0.3, -0.25) is 15.0 Å². The standard InChI is InChI=1S/C27H26ClN3O3S/c28-22-8-4-5-9-23(22)35-25-26(32)30-31(27(25)33)24(18-6-2-1-3-7-18)19-10-12-20(13-11-19)29-21-14-16-34-17-15-21/h1-13,21,24-25,29H,14-17H2,(H,30,32). The maximum atomic E-state index is 13.5. The van der Waals surface area contributed by atoms with Crippen molar-refractivity contribution in [2.75, 3.05) is 18.5 Å². The van der Waals surface area contributed by atoms with Crippen LogP contribution in [0.4, 0.5) is 5.69 Å². The number of benzene rings is 3. The summed E-state index contributed by atoms with van der Waals surface area (Å²) < 4.78 is 5.44. The molecule has 0 radical (unpaired) electrons. The molecule has 6 nitrogen and oxygen atoms in total. The van der Waals surface area contributed by atoms with Crippen molar-refractivity contribution >= 4 is 40.9 Å². The third-order valence-corrected chi connectivity index (χ3v) is 7.91. The summed E-state index contributed by atoms with van der Waals surface area (Å²) in [5.74, 6) is -0.642. The number of carbonyl (C=O) groups excluding carboxylic acids is 2. The van der Waals surface area contributed by atoms with E-state index in [4.69, 9.17) is 16.3 Å². The lowest BCUT2D eigenvalue weighted by Gasteiger charge is -2.29. The van der Waals surface area contributed by atoms with Crippen LogP contribution < -0.4 is 10.7 Å². The van der Waals surface area contributed by atoms with E-state index in [-0.39, 0.29) is 11.8 Å². The zero-order valence-corrected chi connectivity index (χ0v) is 20.6. The van der Waals surface area contributed by atoms with Gasteiger partial charge in [0.1, 0.15) is 6.04 Å². The average molecular weight is 508 g/mol. The van der Waals surface area contributed by atoms with E-state index in [9.17, 15) is 9.59 Å². The zero-order valence-electron chi connectivity index (χ0n) is 19.0. The summed E-state index contributed by atoms with van der Waals surface area (Å²) in [6, 6.07) is 25.0. The Balaban J connectivity index is 1.40. The van der Waals surface area contributed by atoms with Gasteiger partial charge in [-0.15, -0.1) is 11.8 Å². The second-order valence-corrected chi connectivity index (χ2v) is 10.1. The van der Waals surface area contributed by atoms with Crippen molar-refractivity contribution < 1.29 is 14.3 Å². The van der Waals surface area contributed by atoms with Crippen LogP contribution in [0.3, 0.4) is 0 Å². The quantitative estimate of drug-likeness (QED) is 0.438. The number of anilines is 1. The molecule has 2 fully saturated rings. The highest BCUT2D eigenvalue weighted by Gasteiger charge is 2.44. The Morgan fingerprint density at radius 2 is 1.57 bits per heavy atom. The van der Waals surface area contributed by atoms with Crippen LogP contribution in [-0.2, 0) is 14.3 Å². The lowest BCUT2D eigenvalue weighted by atomic mass is 9.97. The number of nitrogens with zero attached hydrogens (tertiary/aromatic N) is 1. The molecule has 180 valence electrons. The maximum absolute atomic E-state index is 13.5. The van der Waals surface area contributed by atoms with E-state index in [1.807, 2.05) is 72.8 Å². The number of nitrogens with one attached hydrogen (secondary N) is 2. The Bertz CT molecular complexity index is 1190. The fourth-order valence-corrected chi connectivity index (χ4v) is 5.63. The van der Waals surface area contributed by atoms with Crippen molar-refractivity contribution in [3.05, 3.63) is 95.0 Å². The number of halogens is 1. The van der Waals surface area contributed by atoms with Crippen LogP contribution in [0.5, 0.6) is 0 Å². The molecule has 0 saturated carbocycles. The lowest BCUT2D eigenvalue weighted by molar-refractivity contribution is -0.131. The summed E-state index contributed by atoms with van der Waals surface area (Å²) in [7, 11) is 0. The fourth-order valence-electron chi connectivity index (χ4n) is 4.40. The Morgan fingerprint density at radius 3 is 2.29 bits per heavy atom. The topological polar surface area (TPSA) is 70.7 Å². The van der Waals surface area contributed by atoms with Gasteiger partial charge in [0, 0.05) is 29.8 Å². The van der Waals surface area contributed by atoms with Crippen LogP contribution in [0.2, 0.25) is 5.02 Å². The molecule has 2 aliphatic rings. The van der Waals surface area contributed by atoms with Crippen LogP contribution >= 0.6 is 23.4 Å². The van der Waals surface area contributed by atoms with Gasteiger partial charge >= 0.3 is 0 Å². The Labute approximate surface area is 214 Å². The molecule has 0 aliphatic carbocycles. The van der Waals surface area contributed by atoms with Crippen molar-refractivity contribution in [1.29, 1.82) is 0 Å². The van der Waals surface area contributed by atoms with Crippen molar-refractivity contribution in [3.8, 4) is 0 Å². The number of hydrazine groups is 1. The van der Waals surface area contributed by atoms with Crippen LogP contribution in [-0.4, -0.2) is 41.3 Å². The van der Waals surface area contributed by atoms with Crippen LogP contribution in [0.15, 0.2) is 83.8 Å². The van der Waals surface area contributed by atoms with Crippen LogP contribution in [0.1, 0.15) is 30.0 Å². The van der Waals surface area contributed by atoms with Gasteiger partial charge in [-0.05, 0) is 48.2 Å². The summed E-state index contributed by atoms with van der Waals surface area (Å²) in [5, 5.41) is 4.63. The molecular weight excluding hydrogens is 482 g/mol. The van der Waals surface area contributed by atoms with Crippen LogP contribution in [0, 0.1) is 0 Å². The molecule has 0 bridgehead atoms. The number of hydrogen-bond acceptors (Lipinski definition) is 5. The number of carbonyl (C=O) groups is 2. The number of amides is 2. The van der Waals surface area contributed by atoms with Gasteiger partial charge in [-0.2, -0.15) is 0 Å². The molecule has 35 heavy (non-hydrogen) atoms. The molecule has 5 rings (SSSR count). The number of thioether (sulfide) groups is 1. The van der Waals surface area contributed by atoms with E-state index in [0.717, 1.165) is 42.9 Å². The summed E-state index contributed by atoms with van der Waals surface area (Å²) in [4.78, 5) is 27.1. The van der Waals surface area contributed by atoms with E-state index in [1.54, 1.807) is 6.07 Å². The molecule has 0 spiro atoms. The van der Waals surface area contributed by atoms with E-state index in [2.05, 4.69) is 10.7 Å². The molecule has 2 amide bonds. The second kappa shape index (κ2) is 10.7. The molecule has 2 unspecified atom stereocenters. The Hall–Kier alpha value is -3.00. The fraction of sp³-hybridized carbons (Fsp3) is 0.259. The number of rotatable bonds is 7. The molecule has 2 heterocycles. The van der Waals surface area contributed by atoms with Gasteiger partial charge in [-0.1, -0.05) is 66.2 Å². The number of hydrogen-bond donors (Lipinski definition) is 2. The minimum absolute atomic E-state index is 0.293. The van der Waals surface area contributed by atoms with Gasteiger partial charge in [0.05, 0.1) is 5.02 Å². The normalized spacial score (nSPS) is 19.5. The van der Waals surface area contributed by atoms with E-state index >= 15 is 0 Å². The molecule has 2 atom stereocenters. The van der Waals surface area contributed by atoms with E-state index in [0.29, 0.717) is 16.0 Å². The van der Waals surface area contributed by atoms with Crippen molar-refractivity contribution in [3.63, 3.8) is 0 Å². The first kappa shape index (κ1) is 23.7. The highest BCUT2D eigenvalue weighted by molar-refractivity contribution is 8.01. The van der Waals surface area contributed by atoms with Crippen molar-refractivity contribution in [2.24, 2.45) is 0 Å². The third kappa shape index (κ3) is 5.32. The molecule has 2 aliphatic heterocycles. The predicted octanol–water partition coefficient (Wildman–Crippen LogP) is 5.05. The summed E-state index contributed by atoms with van der Waals surface area (Å²) in [6.45, 7) is 1.55. The lowest BCUT2D eigenvalue weighted by Crippen LogP contribution is -2.40. The van der Waals surface area contributed by atoms with Crippen molar-refractivity contribution in [2.45, 2.75) is 35.1 Å². The molecule has 2 saturated heterocycles. The Morgan fingerprint density at radius 1 is 0.914 bits per heavy atom. The molecule has 2 N–H and O–H groups in total. The highest BCUT2D eigenvalue weighted by Crippen LogP contribution is 2.37. The zero-order chi connectivity index (χ0) is 24.2. The monoisotopic (exact) mass is 507 g/mol.